The second kappa shape index (κ2) is 10.7. The number of fused-ring (bicyclic) bond motifs is 2. The number of hydrogen-bond donors (Lipinski definition) is 0. The van der Waals surface area contributed by atoms with Gasteiger partial charge in [-0.15, -0.1) is 0 Å². The molecule has 0 spiro atoms. The van der Waals surface area contributed by atoms with Gasteiger partial charge in [-0.25, -0.2) is 5.06 Å². The Morgan fingerprint density at radius 2 is 1.31 bits per heavy atom. The number of para-hydroxylation sites is 2. The van der Waals surface area contributed by atoms with Gasteiger partial charge in [0, 0.05) is 6.08 Å². The number of hydroxylamine groups is 2. The monoisotopic (exact) mass is 363 g/mol. The van der Waals surface area contributed by atoms with E-state index in [1.54, 1.807) is 5.06 Å². The molecule has 2 aliphatic rings. The number of rotatable bonds is 0. The molecule has 0 bridgehead atoms. The normalized spacial score (nSPS) is 20.2. The maximum Gasteiger partial charge on any atom is 0.214 e. The Kier molecular flexibility index (Phi) is 7.64. The average Bonchev–Trinajstić information content (AvgIpc) is 2.68. The molecule has 142 valence electrons. The van der Waals surface area contributed by atoms with Crippen LogP contribution in [0.1, 0.15) is 0 Å². The quantitative estimate of drug-likeness (QED) is 0.700. The second-order valence-electron chi connectivity index (χ2n) is 5.54. The van der Waals surface area contributed by atoms with Crippen LogP contribution in [-0.2, 0) is 19.0 Å². The lowest BCUT2D eigenvalue weighted by atomic mass is 10.3. The van der Waals surface area contributed by atoms with Gasteiger partial charge in [0.15, 0.2) is 11.5 Å². The molecule has 0 fully saturated rings. The zero-order valence-electron chi connectivity index (χ0n) is 14.8. The van der Waals surface area contributed by atoms with Crippen molar-refractivity contribution in [3.63, 3.8) is 0 Å². The average molecular weight is 363 g/mol. The first-order valence-electron chi connectivity index (χ1n) is 8.84. The Morgan fingerprint density at radius 3 is 2.08 bits per heavy atom. The van der Waals surface area contributed by atoms with E-state index in [2.05, 4.69) is 0 Å². The van der Waals surface area contributed by atoms with Crippen LogP contribution in [0.5, 0.6) is 11.5 Å². The lowest BCUT2D eigenvalue weighted by Gasteiger charge is -2.26. The molecular formula is C19H25NO6. The maximum absolute atomic E-state index is 5.80. The zero-order chi connectivity index (χ0) is 17.9. The van der Waals surface area contributed by atoms with Crippen molar-refractivity contribution >= 4 is 0 Å². The Hall–Kier alpha value is -2.22. The van der Waals surface area contributed by atoms with Gasteiger partial charge in [-0.3, -0.25) is 4.84 Å². The molecule has 0 aliphatic carbocycles. The lowest BCUT2D eigenvalue weighted by Crippen LogP contribution is -2.29. The SMILES string of the molecule is C1=CCN2OCCOCCOCCOc3ccccc3OCCOC2=C1. The molecule has 0 aromatic heterocycles. The molecule has 1 aromatic rings. The van der Waals surface area contributed by atoms with E-state index in [0.717, 1.165) is 0 Å². The third-order valence-corrected chi connectivity index (χ3v) is 3.66. The van der Waals surface area contributed by atoms with Crippen LogP contribution in [0.4, 0.5) is 0 Å². The number of allylic oxidation sites excluding steroid dienone is 2. The Labute approximate surface area is 153 Å². The molecule has 7 nitrogen and oxygen atoms in total. The third-order valence-electron chi connectivity index (χ3n) is 3.66. The van der Waals surface area contributed by atoms with Gasteiger partial charge < -0.3 is 23.7 Å². The Balaban J connectivity index is 1.58. The molecule has 26 heavy (non-hydrogen) atoms. The van der Waals surface area contributed by atoms with Crippen molar-refractivity contribution in [3.8, 4) is 11.5 Å². The standard InChI is InChI=1S/C19H25NO6/c1-2-6-18-17(5-1)23-13-11-21-9-10-22-12-16-26-20-8-4-3-7-19(20)25-15-14-24-18/h1-7H,8-16H2. The minimum Gasteiger partial charge on any atom is -0.487 e. The predicted molar refractivity (Wildman–Crippen MR) is 94.9 cm³/mol. The van der Waals surface area contributed by atoms with Crippen LogP contribution in [0, 0.1) is 0 Å². The number of hydrogen-bond acceptors (Lipinski definition) is 7. The van der Waals surface area contributed by atoms with Crippen LogP contribution in [0.2, 0.25) is 0 Å². The summed E-state index contributed by atoms with van der Waals surface area (Å²) in [5.41, 5.74) is 0. The van der Waals surface area contributed by atoms with E-state index >= 15 is 0 Å². The molecule has 2 heterocycles. The molecule has 0 N–H and O–H groups in total. The first kappa shape index (κ1) is 18.6. The molecule has 0 amide bonds. The Morgan fingerprint density at radius 1 is 0.692 bits per heavy atom. The van der Waals surface area contributed by atoms with E-state index in [9.17, 15) is 0 Å². The van der Waals surface area contributed by atoms with Gasteiger partial charge in [-0.1, -0.05) is 24.3 Å². The van der Waals surface area contributed by atoms with E-state index in [1.165, 1.54) is 0 Å². The van der Waals surface area contributed by atoms with Gasteiger partial charge in [-0.2, -0.15) is 0 Å². The van der Waals surface area contributed by atoms with Crippen LogP contribution in [0.3, 0.4) is 0 Å². The molecule has 0 saturated carbocycles. The zero-order valence-corrected chi connectivity index (χ0v) is 14.8. The highest BCUT2D eigenvalue weighted by atomic mass is 16.7. The number of nitrogens with zero attached hydrogens (tertiary/aromatic N) is 1. The van der Waals surface area contributed by atoms with Crippen molar-refractivity contribution in [2.75, 3.05) is 59.4 Å². The summed E-state index contributed by atoms with van der Waals surface area (Å²) in [4.78, 5) is 5.71. The van der Waals surface area contributed by atoms with Crippen molar-refractivity contribution in [1.82, 2.24) is 5.06 Å². The molecule has 7 heteroatoms. The van der Waals surface area contributed by atoms with E-state index in [4.69, 9.17) is 28.5 Å². The fourth-order valence-corrected chi connectivity index (χ4v) is 2.44. The summed E-state index contributed by atoms with van der Waals surface area (Å²) in [6.45, 7) is 4.34. The summed E-state index contributed by atoms with van der Waals surface area (Å²) in [6, 6.07) is 7.57. The first-order valence-corrected chi connectivity index (χ1v) is 8.84. The van der Waals surface area contributed by atoms with Gasteiger partial charge in [0.05, 0.1) is 39.6 Å². The van der Waals surface area contributed by atoms with Crippen molar-refractivity contribution in [2.24, 2.45) is 0 Å². The maximum atomic E-state index is 5.80. The summed E-state index contributed by atoms with van der Waals surface area (Å²) in [7, 11) is 0. The van der Waals surface area contributed by atoms with E-state index in [-0.39, 0.29) is 0 Å². The van der Waals surface area contributed by atoms with Gasteiger partial charge in [0.25, 0.3) is 0 Å². The van der Waals surface area contributed by atoms with Crippen molar-refractivity contribution < 1.29 is 28.5 Å². The number of benzene rings is 1. The minimum atomic E-state index is 0.396. The van der Waals surface area contributed by atoms with Gasteiger partial charge in [0.2, 0.25) is 5.88 Å². The highest BCUT2D eigenvalue weighted by Crippen LogP contribution is 2.26. The fraction of sp³-hybridized carbons (Fsp3) is 0.474. The molecule has 1 aromatic carbocycles. The third kappa shape index (κ3) is 5.94. The highest BCUT2D eigenvalue weighted by molar-refractivity contribution is 5.39. The predicted octanol–water partition coefficient (Wildman–Crippen LogP) is 2.15. The van der Waals surface area contributed by atoms with Crippen molar-refractivity contribution in [1.29, 1.82) is 0 Å². The summed E-state index contributed by atoms with van der Waals surface area (Å²) >= 11 is 0. The summed E-state index contributed by atoms with van der Waals surface area (Å²) in [5.74, 6) is 2.04. The summed E-state index contributed by atoms with van der Waals surface area (Å²) in [6.07, 6.45) is 5.81. The Bertz CT molecular complexity index is 603. The van der Waals surface area contributed by atoms with Crippen LogP contribution >= 0.6 is 0 Å². The van der Waals surface area contributed by atoms with E-state index < -0.39 is 0 Å². The summed E-state index contributed by atoms with van der Waals surface area (Å²) in [5, 5.41) is 1.71. The van der Waals surface area contributed by atoms with Gasteiger partial charge in [0.1, 0.15) is 19.8 Å². The molecule has 3 rings (SSSR count). The summed E-state index contributed by atoms with van der Waals surface area (Å²) < 4.78 is 28.3. The van der Waals surface area contributed by atoms with E-state index in [1.807, 2.05) is 42.5 Å². The van der Waals surface area contributed by atoms with Crippen LogP contribution in [0.25, 0.3) is 0 Å². The minimum absolute atomic E-state index is 0.396. The largest absolute Gasteiger partial charge is 0.487 e. The number of ether oxygens (including phenoxy) is 5. The smallest absolute Gasteiger partial charge is 0.214 e. The fourth-order valence-electron chi connectivity index (χ4n) is 2.44. The van der Waals surface area contributed by atoms with Crippen LogP contribution in [0.15, 0.2) is 48.4 Å². The topological polar surface area (TPSA) is 58.6 Å². The molecule has 0 unspecified atom stereocenters. The van der Waals surface area contributed by atoms with Crippen LogP contribution in [-0.4, -0.2) is 64.5 Å². The molecule has 0 saturated heterocycles. The molecule has 0 radical (unpaired) electrons. The lowest BCUT2D eigenvalue weighted by molar-refractivity contribution is -0.171. The molecule has 2 aliphatic heterocycles. The van der Waals surface area contributed by atoms with Crippen molar-refractivity contribution in [2.45, 2.75) is 0 Å². The molecular weight excluding hydrogens is 338 g/mol. The second-order valence-corrected chi connectivity index (χ2v) is 5.54. The van der Waals surface area contributed by atoms with Gasteiger partial charge in [-0.05, 0) is 12.1 Å². The highest BCUT2D eigenvalue weighted by Gasteiger charge is 2.13. The first-order chi connectivity index (χ1) is 12.9. The van der Waals surface area contributed by atoms with Crippen LogP contribution < -0.4 is 9.47 Å². The molecule has 0 atom stereocenters. The van der Waals surface area contributed by atoms with Crippen molar-refractivity contribution in [3.05, 3.63) is 48.4 Å². The van der Waals surface area contributed by atoms with E-state index in [0.29, 0.717) is 76.8 Å². The van der Waals surface area contributed by atoms with Gasteiger partial charge >= 0.3 is 0 Å².